The van der Waals surface area contributed by atoms with Gasteiger partial charge in [0.15, 0.2) is 0 Å². The van der Waals surface area contributed by atoms with Crippen LogP contribution in [0.25, 0.3) is 0 Å². The molecule has 2 amide bonds. The van der Waals surface area contributed by atoms with E-state index in [0.717, 1.165) is 70.1 Å². The average Bonchev–Trinajstić information content (AvgIpc) is 3.18. The monoisotopic (exact) mass is 422 g/mol. The number of piperidine rings is 3. The Hall–Kier alpha value is -2.17. The molecule has 4 aliphatic rings. The predicted molar refractivity (Wildman–Crippen MR) is 118 cm³/mol. The summed E-state index contributed by atoms with van der Waals surface area (Å²) in [5.74, 6) is 1.80. The number of nitrogens with zero attached hydrogens (tertiary/aromatic N) is 2. The first-order valence-electron chi connectivity index (χ1n) is 12.2. The van der Waals surface area contributed by atoms with E-state index < -0.39 is 0 Å². The molecule has 3 aliphatic heterocycles. The van der Waals surface area contributed by atoms with Crippen LogP contribution in [-0.2, 0) is 20.8 Å². The summed E-state index contributed by atoms with van der Waals surface area (Å²) in [6.45, 7) is 4.40. The number of carbonyl (C=O) groups is 3. The summed E-state index contributed by atoms with van der Waals surface area (Å²) in [5, 5.41) is 0. The van der Waals surface area contributed by atoms with Crippen LogP contribution in [0.1, 0.15) is 68.9 Å². The summed E-state index contributed by atoms with van der Waals surface area (Å²) >= 11 is 0. The number of hydrogen-bond acceptors (Lipinski definition) is 3. The van der Waals surface area contributed by atoms with Crippen molar-refractivity contribution in [3.05, 3.63) is 35.4 Å². The van der Waals surface area contributed by atoms with Gasteiger partial charge in [-0.15, -0.1) is 0 Å². The number of carbonyl (C=O) groups excluding carboxylic acids is 3. The molecule has 0 radical (unpaired) electrons. The van der Waals surface area contributed by atoms with Crippen LogP contribution in [0.4, 0.5) is 0 Å². The van der Waals surface area contributed by atoms with Crippen molar-refractivity contribution in [1.82, 2.24) is 9.80 Å². The topological polar surface area (TPSA) is 57.7 Å². The van der Waals surface area contributed by atoms with Gasteiger partial charge in [0.25, 0.3) is 0 Å². The second-order valence-corrected chi connectivity index (χ2v) is 10.3. The van der Waals surface area contributed by atoms with E-state index in [0.29, 0.717) is 36.0 Å². The third-order valence-corrected chi connectivity index (χ3v) is 8.25. The van der Waals surface area contributed by atoms with Gasteiger partial charge < -0.3 is 9.80 Å². The van der Waals surface area contributed by atoms with Crippen LogP contribution in [0.5, 0.6) is 0 Å². The third kappa shape index (κ3) is 4.04. The molecule has 5 heteroatoms. The van der Waals surface area contributed by atoms with Gasteiger partial charge in [-0.2, -0.15) is 0 Å². The number of amides is 2. The fourth-order valence-corrected chi connectivity index (χ4v) is 6.54. The van der Waals surface area contributed by atoms with Gasteiger partial charge in [0.1, 0.15) is 5.78 Å². The van der Waals surface area contributed by atoms with Gasteiger partial charge in [0, 0.05) is 44.4 Å². The van der Waals surface area contributed by atoms with Crippen molar-refractivity contribution in [3.63, 3.8) is 0 Å². The van der Waals surface area contributed by atoms with E-state index in [-0.39, 0.29) is 17.7 Å². The maximum absolute atomic E-state index is 13.4. The highest BCUT2D eigenvalue weighted by Gasteiger charge is 2.45. The predicted octanol–water partition coefficient (Wildman–Crippen LogP) is 3.56. The Kier molecular flexibility index (Phi) is 5.61. The molecule has 0 aromatic heterocycles. The summed E-state index contributed by atoms with van der Waals surface area (Å²) in [6, 6.07) is 8.68. The SMILES string of the molecule is C[C@@H](C(=O)N1C[C@H]2C[C@@H](C1)C1CCCC(=O)N1C2)c1ccc(C[C@@H]2CCCC2=O)cc1. The van der Waals surface area contributed by atoms with E-state index in [9.17, 15) is 14.4 Å². The normalized spacial score (nSPS) is 31.5. The second kappa shape index (κ2) is 8.40. The molecule has 5 rings (SSSR count). The van der Waals surface area contributed by atoms with Gasteiger partial charge in [0.05, 0.1) is 5.92 Å². The lowest BCUT2D eigenvalue weighted by Gasteiger charge is -2.52. The Labute approximate surface area is 185 Å². The summed E-state index contributed by atoms with van der Waals surface area (Å²) < 4.78 is 0. The first kappa shape index (κ1) is 20.7. The minimum Gasteiger partial charge on any atom is -0.341 e. The van der Waals surface area contributed by atoms with E-state index in [1.165, 1.54) is 5.56 Å². The Morgan fingerprint density at radius 1 is 1.03 bits per heavy atom. The van der Waals surface area contributed by atoms with E-state index in [2.05, 4.69) is 34.1 Å². The van der Waals surface area contributed by atoms with Crippen molar-refractivity contribution in [2.75, 3.05) is 19.6 Å². The lowest BCUT2D eigenvalue weighted by molar-refractivity contribution is -0.149. The van der Waals surface area contributed by atoms with Crippen LogP contribution in [0.2, 0.25) is 0 Å². The molecule has 0 spiro atoms. The van der Waals surface area contributed by atoms with E-state index in [1.807, 2.05) is 6.92 Å². The summed E-state index contributed by atoms with van der Waals surface area (Å²) in [4.78, 5) is 41.8. The molecule has 1 aromatic carbocycles. The maximum atomic E-state index is 13.4. The quantitative estimate of drug-likeness (QED) is 0.745. The number of benzene rings is 1. The number of likely N-dealkylation sites (tertiary alicyclic amines) is 1. The van der Waals surface area contributed by atoms with Crippen LogP contribution in [-0.4, -0.2) is 53.1 Å². The third-order valence-electron chi connectivity index (χ3n) is 8.25. The van der Waals surface area contributed by atoms with E-state index >= 15 is 0 Å². The molecule has 2 bridgehead atoms. The zero-order valence-electron chi connectivity index (χ0n) is 18.6. The standard InChI is InChI=1S/C26H34N2O3/c1-17(20-10-8-18(9-11-20)12-21-4-2-6-24(21)29)26(31)27-14-19-13-22(16-27)23-5-3-7-25(30)28(23)15-19/h8-11,17,19,21-23H,2-7,12-16H2,1H3/t17-,19-,21+,22+,23?/m1/s1. The summed E-state index contributed by atoms with van der Waals surface area (Å²) in [5.41, 5.74) is 2.25. The lowest BCUT2D eigenvalue weighted by atomic mass is 9.75. The minimum atomic E-state index is -0.162. The van der Waals surface area contributed by atoms with Crippen molar-refractivity contribution in [2.24, 2.45) is 17.8 Å². The largest absolute Gasteiger partial charge is 0.341 e. The molecule has 0 N–H and O–H groups in total. The summed E-state index contributed by atoms with van der Waals surface area (Å²) in [6.07, 6.45) is 7.53. The fourth-order valence-electron chi connectivity index (χ4n) is 6.54. The van der Waals surface area contributed by atoms with Crippen molar-refractivity contribution in [1.29, 1.82) is 0 Å². The lowest BCUT2D eigenvalue weighted by Crippen LogP contribution is -2.61. The molecule has 1 aromatic rings. The molecule has 5 nitrogen and oxygen atoms in total. The fraction of sp³-hybridized carbons (Fsp3) is 0.654. The molecule has 5 atom stereocenters. The highest BCUT2D eigenvalue weighted by Crippen LogP contribution is 2.38. The van der Waals surface area contributed by atoms with Crippen molar-refractivity contribution < 1.29 is 14.4 Å². The minimum absolute atomic E-state index is 0.162. The molecule has 3 heterocycles. The van der Waals surface area contributed by atoms with Crippen molar-refractivity contribution >= 4 is 17.6 Å². The number of ketones is 1. The van der Waals surface area contributed by atoms with Crippen molar-refractivity contribution in [2.45, 2.75) is 70.3 Å². The molecule has 3 saturated heterocycles. The van der Waals surface area contributed by atoms with E-state index in [4.69, 9.17) is 0 Å². The zero-order valence-corrected chi connectivity index (χ0v) is 18.6. The zero-order chi connectivity index (χ0) is 21.5. The molecule has 1 unspecified atom stereocenters. The van der Waals surface area contributed by atoms with Crippen LogP contribution in [0.15, 0.2) is 24.3 Å². The smallest absolute Gasteiger partial charge is 0.229 e. The van der Waals surface area contributed by atoms with Crippen molar-refractivity contribution in [3.8, 4) is 0 Å². The number of hydrogen-bond donors (Lipinski definition) is 0. The first-order chi connectivity index (χ1) is 15.0. The maximum Gasteiger partial charge on any atom is 0.229 e. The van der Waals surface area contributed by atoms with Gasteiger partial charge >= 0.3 is 0 Å². The molecule has 31 heavy (non-hydrogen) atoms. The van der Waals surface area contributed by atoms with Crippen LogP contribution < -0.4 is 0 Å². The van der Waals surface area contributed by atoms with E-state index in [1.54, 1.807) is 0 Å². The molecule has 1 saturated carbocycles. The molecule has 4 fully saturated rings. The molecule has 166 valence electrons. The van der Waals surface area contributed by atoms with Crippen LogP contribution >= 0.6 is 0 Å². The van der Waals surface area contributed by atoms with Crippen LogP contribution in [0, 0.1) is 17.8 Å². The molecular formula is C26H34N2O3. The Bertz CT molecular complexity index is 864. The van der Waals surface area contributed by atoms with Gasteiger partial charge in [-0.3, -0.25) is 14.4 Å². The van der Waals surface area contributed by atoms with Gasteiger partial charge in [-0.1, -0.05) is 24.3 Å². The highest BCUT2D eigenvalue weighted by molar-refractivity contribution is 5.84. The van der Waals surface area contributed by atoms with Gasteiger partial charge in [-0.25, -0.2) is 0 Å². The Morgan fingerprint density at radius 2 is 1.81 bits per heavy atom. The first-order valence-corrected chi connectivity index (χ1v) is 12.2. The second-order valence-electron chi connectivity index (χ2n) is 10.3. The molecule has 1 aliphatic carbocycles. The van der Waals surface area contributed by atoms with Gasteiger partial charge in [-0.05, 0) is 68.4 Å². The number of rotatable bonds is 4. The summed E-state index contributed by atoms with van der Waals surface area (Å²) in [7, 11) is 0. The molecular weight excluding hydrogens is 388 g/mol. The Morgan fingerprint density at radius 3 is 2.55 bits per heavy atom. The highest BCUT2D eigenvalue weighted by atomic mass is 16.2. The van der Waals surface area contributed by atoms with Crippen LogP contribution in [0.3, 0.4) is 0 Å². The van der Waals surface area contributed by atoms with Gasteiger partial charge in [0.2, 0.25) is 11.8 Å². The average molecular weight is 423 g/mol. The number of Topliss-reactive ketones (excluding diaryl/α,β-unsaturated/α-hetero) is 1. The Balaban J connectivity index is 1.23. The number of fused-ring (bicyclic) bond motifs is 4.